The van der Waals surface area contributed by atoms with Crippen molar-refractivity contribution in [2.24, 2.45) is 17.8 Å². The summed E-state index contributed by atoms with van der Waals surface area (Å²) in [7, 11) is 0. The van der Waals surface area contributed by atoms with Gasteiger partial charge < -0.3 is 9.84 Å². The highest BCUT2D eigenvalue weighted by atomic mass is 16.5. The summed E-state index contributed by atoms with van der Waals surface area (Å²) in [5, 5.41) is 9.06. The summed E-state index contributed by atoms with van der Waals surface area (Å²) < 4.78 is 5.68. The first kappa shape index (κ1) is 10.0. The third kappa shape index (κ3) is 1.64. The molecule has 12 heavy (non-hydrogen) atoms. The molecule has 0 bridgehead atoms. The van der Waals surface area contributed by atoms with Crippen LogP contribution in [0.25, 0.3) is 0 Å². The van der Waals surface area contributed by atoms with E-state index in [1.54, 1.807) is 0 Å². The first-order valence-corrected chi connectivity index (χ1v) is 4.84. The zero-order valence-electron chi connectivity index (χ0n) is 8.45. The lowest BCUT2D eigenvalue weighted by Crippen LogP contribution is -2.44. The zero-order valence-corrected chi connectivity index (χ0v) is 8.45. The predicted molar refractivity (Wildman–Crippen MR) is 48.9 cm³/mol. The van der Waals surface area contributed by atoms with Crippen molar-refractivity contribution in [1.82, 2.24) is 0 Å². The van der Waals surface area contributed by atoms with E-state index in [1.165, 1.54) is 0 Å². The molecule has 0 amide bonds. The Morgan fingerprint density at radius 1 is 1.00 bits per heavy atom. The van der Waals surface area contributed by atoms with Crippen LogP contribution in [-0.4, -0.2) is 23.9 Å². The van der Waals surface area contributed by atoms with Gasteiger partial charge in [0.2, 0.25) is 0 Å². The van der Waals surface area contributed by atoms with E-state index in [9.17, 15) is 0 Å². The Hall–Kier alpha value is -0.0800. The number of aliphatic hydroxyl groups excluding tert-OH is 1. The Morgan fingerprint density at radius 3 is 2.08 bits per heavy atom. The van der Waals surface area contributed by atoms with E-state index < -0.39 is 0 Å². The molecule has 0 aliphatic carbocycles. The molecule has 0 saturated carbocycles. The molecular formula is C10H20O2. The first-order valence-electron chi connectivity index (χ1n) is 4.84. The summed E-state index contributed by atoms with van der Waals surface area (Å²) >= 11 is 0. The van der Waals surface area contributed by atoms with Crippen LogP contribution in [0.2, 0.25) is 0 Å². The molecule has 0 spiro atoms. The SMILES string of the molecule is C[C@@H]1[C@@H](C)[C@@H](CO)O[C@H](C)[C@H]1C. The maximum absolute atomic E-state index is 9.06. The van der Waals surface area contributed by atoms with Crippen molar-refractivity contribution in [2.45, 2.75) is 39.9 Å². The molecule has 2 nitrogen and oxygen atoms in total. The number of hydrogen-bond acceptors (Lipinski definition) is 2. The Bertz CT molecular complexity index is 142. The average Bonchev–Trinajstić information content (AvgIpc) is 2.08. The monoisotopic (exact) mass is 172 g/mol. The van der Waals surface area contributed by atoms with Crippen molar-refractivity contribution >= 4 is 0 Å². The average molecular weight is 172 g/mol. The number of hydrogen-bond donors (Lipinski definition) is 1. The molecule has 0 aromatic rings. The smallest absolute Gasteiger partial charge is 0.0837 e. The molecule has 0 aromatic carbocycles. The molecule has 0 unspecified atom stereocenters. The lowest BCUT2D eigenvalue weighted by Gasteiger charge is -2.41. The molecule has 2 heteroatoms. The van der Waals surface area contributed by atoms with Gasteiger partial charge in [0.1, 0.15) is 0 Å². The normalized spacial score (nSPS) is 49.2. The summed E-state index contributed by atoms with van der Waals surface area (Å²) in [6.45, 7) is 8.88. The molecule has 1 N–H and O–H groups in total. The Kier molecular flexibility index (Phi) is 3.13. The summed E-state index contributed by atoms with van der Waals surface area (Å²) in [6, 6.07) is 0. The maximum Gasteiger partial charge on any atom is 0.0837 e. The van der Waals surface area contributed by atoms with Crippen LogP contribution in [0.3, 0.4) is 0 Å². The number of ether oxygens (including phenoxy) is 1. The summed E-state index contributed by atoms with van der Waals surface area (Å²) in [5.74, 6) is 1.72. The second kappa shape index (κ2) is 3.75. The van der Waals surface area contributed by atoms with Gasteiger partial charge in [-0.3, -0.25) is 0 Å². The van der Waals surface area contributed by atoms with Crippen LogP contribution >= 0.6 is 0 Å². The van der Waals surface area contributed by atoms with E-state index in [-0.39, 0.29) is 18.8 Å². The molecule has 5 atom stereocenters. The fourth-order valence-corrected chi connectivity index (χ4v) is 1.98. The van der Waals surface area contributed by atoms with E-state index >= 15 is 0 Å². The summed E-state index contributed by atoms with van der Waals surface area (Å²) in [5.41, 5.74) is 0. The van der Waals surface area contributed by atoms with E-state index in [4.69, 9.17) is 9.84 Å². The Labute approximate surface area is 74.9 Å². The van der Waals surface area contributed by atoms with Crippen LogP contribution < -0.4 is 0 Å². The quantitative estimate of drug-likeness (QED) is 0.652. The molecule has 72 valence electrons. The minimum atomic E-state index is 0.0474. The van der Waals surface area contributed by atoms with Gasteiger partial charge in [0.05, 0.1) is 18.8 Å². The molecular weight excluding hydrogens is 152 g/mol. The van der Waals surface area contributed by atoms with Crippen molar-refractivity contribution in [3.05, 3.63) is 0 Å². The third-order valence-electron chi connectivity index (χ3n) is 3.55. The molecule has 1 saturated heterocycles. The van der Waals surface area contributed by atoms with Gasteiger partial charge in [-0.1, -0.05) is 20.8 Å². The van der Waals surface area contributed by atoms with Gasteiger partial charge in [-0.25, -0.2) is 0 Å². The lowest BCUT2D eigenvalue weighted by atomic mass is 9.77. The molecule has 1 aliphatic heterocycles. The highest BCUT2D eigenvalue weighted by molar-refractivity contribution is 4.83. The van der Waals surface area contributed by atoms with Crippen molar-refractivity contribution in [2.75, 3.05) is 6.61 Å². The predicted octanol–water partition coefficient (Wildman–Crippen LogP) is 1.67. The molecule has 1 rings (SSSR count). The topological polar surface area (TPSA) is 29.5 Å². The van der Waals surface area contributed by atoms with Crippen LogP contribution in [0.15, 0.2) is 0 Å². The molecule has 1 aliphatic rings. The van der Waals surface area contributed by atoms with Crippen LogP contribution in [0.1, 0.15) is 27.7 Å². The fourth-order valence-electron chi connectivity index (χ4n) is 1.98. The van der Waals surface area contributed by atoms with Gasteiger partial charge in [0.15, 0.2) is 0 Å². The van der Waals surface area contributed by atoms with Crippen molar-refractivity contribution in [3.8, 4) is 0 Å². The first-order chi connectivity index (χ1) is 5.57. The van der Waals surface area contributed by atoms with Gasteiger partial charge >= 0.3 is 0 Å². The lowest BCUT2D eigenvalue weighted by molar-refractivity contribution is -0.140. The molecule has 1 heterocycles. The second-order valence-electron chi connectivity index (χ2n) is 4.14. The van der Waals surface area contributed by atoms with Crippen molar-refractivity contribution < 1.29 is 9.84 Å². The van der Waals surface area contributed by atoms with Crippen molar-refractivity contribution in [3.63, 3.8) is 0 Å². The minimum Gasteiger partial charge on any atom is -0.394 e. The third-order valence-corrected chi connectivity index (χ3v) is 3.55. The number of aliphatic hydroxyl groups is 1. The van der Waals surface area contributed by atoms with Crippen LogP contribution in [0.5, 0.6) is 0 Å². The number of rotatable bonds is 1. The highest BCUT2D eigenvalue weighted by Crippen LogP contribution is 2.34. The van der Waals surface area contributed by atoms with E-state index in [2.05, 4.69) is 27.7 Å². The van der Waals surface area contributed by atoms with Gasteiger partial charge in [-0.05, 0) is 24.7 Å². The second-order valence-corrected chi connectivity index (χ2v) is 4.14. The van der Waals surface area contributed by atoms with Crippen LogP contribution in [-0.2, 0) is 4.74 Å². The van der Waals surface area contributed by atoms with Crippen LogP contribution in [0, 0.1) is 17.8 Å². The Morgan fingerprint density at radius 2 is 1.58 bits per heavy atom. The summed E-state index contributed by atoms with van der Waals surface area (Å²) in [6.07, 6.45) is 0.333. The minimum absolute atomic E-state index is 0.0474. The van der Waals surface area contributed by atoms with Gasteiger partial charge in [-0.2, -0.15) is 0 Å². The maximum atomic E-state index is 9.06. The van der Waals surface area contributed by atoms with Gasteiger partial charge in [-0.15, -0.1) is 0 Å². The van der Waals surface area contributed by atoms with Crippen molar-refractivity contribution in [1.29, 1.82) is 0 Å². The van der Waals surface area contributed by atoms with Gasteiger partial charge in [0, 0.05) is 0 Å². The fraction of sp³-hybridized carbons (Fsp3) is 1.00. The van der Waals surface area contributed by atoms with Crippen LogP contribution in [0.4, 0.5) is 0 Å². The largest absolute Gasteiger partial charge is 0.394 e. The Balaban J connectivity index is 2.63. The highest BCUT2D eigenvalue weighted by Gasteiger charge is 2.36. The van der Waals surface area contributed by atoms with E-state index in [0.717, 1.165) is 0 Å². The molecule has 0 aromatic heterocycles. The van der Waals surface area contributed by atoms with Gasteiger partial charge in [0.25, 0.3) is 0 Å². The standard InChI is InChI=1S/C10H20O2/c1-6-7(2)9(4)12-10(5-11)8(6)3/h6-11H,5H2,1-4H3/t6-,7-,8+,9+,10+/m0/s1. The zero-order chi connectivity index (χ0) is 9.30. The molecule has 0 radical (unpaired) electrons. The van der Waals surface area contributed by atoms with E-state index in [0.29, 0.717) is 17.8 Å². The molecule has 1 fully saturated rings. The van der Waals surface area contributed by atoms with E-state index in [1.807, 2.05) is 0 Å². The summed E-state index contributed by atoms with van der Waals surface area (Å²) in [4.78, 5) is 0.